The molecule has 0 aliphatic heterocycles. The van der Waals surface area contributed by atoms with E-state index in [2.05, 4.69) is 270 Å². The molecule has 324 valence electrons. The van der Waals surface area contributed by atoms with Crippen molar-refractivity contribution in [3.05, 3.63) is 267 Å². The molecule has 11 aromatic carbocycles. The SMILES string of the molecule is c1ccc(-c2cccc(-c3ccccc3N(c3ccc(-c4ccc(-c5cccc(-n6c7ccccc7c7ccccc76)c5)cc4)cc3)c3ccccc3-c3cccc4oc5ccccc5c34)c2)cc1. The van der Waals surface area contributed by atoms with E-state index in [4.69, 9.17) is 4.42 Å². The van der Waals surface area contributed by atoms with Crippen LogP contribution in [0.4, 0.5) is 17.1 Å². The van der Waals surface area contributed by atoms with Gasteiger partial charge in [0.15, 0.2) is 0 Å². The maximum absolute atomic E-state index is 6.43. The second kappa shape index (κ2) is 16.9. The van der Waals surface area contributed by atoms with Crippen LogP contribution < -0.4 is 4.90 Å². The average Bonchev–Trinajstić information content (AvgIpc) is 3.98. The summed E-state index contributed by atoms with van der Waals surface area (Å²) in [7, 11) is 0. The van der Waals surface area contributed by atoms with Gasteiger partial charge in [0, 0.05) is 44.0 Å². The lowest BCUT2D eigenvalue weighted by Gasteiger charge is -2.30. The maximum atomic E-state index is 6.43. The van der Waals surface area contributed by atoms with Gasteiger partial charge in [0.2, 0.25) is 0 Å². The highest BCUT2D eigenvalue weighted by atomic mass is 16.3. The predicted molar refractivity (Wildman–Crippen MR) is 290 cm³/mol. The highest BCUT2D eigenvalue weighted by Crippen LogP contribution is 2.47. The van der Waals surface area contributed by atoms with Crippen molar-refractivity contribution in [2.24, 2.45) is 0 Å². The fourth-order valence-corrected chi connectivity index (χ4v) is 10.4. The van der Waals surface area contributed by atoms with Crippen LogP contribution in [0.25, 0.3) is 105 Å². The molecule has 0 N–H and O–H groups in total. The molecule has 3 heteroatoms. The van der Waals surface area contributed by atoms with Crippen molar-refractivity contribution in [3.63, 3.8) is 0 Å². The van der Waals surface area contributed by atoms with Crippen molar-refractivity contribution in [3.8, 4) is 61.3 Å². The minimum atomic E-state index is 0.874. The van der Waals surface area contributed by atoms with E-state index in [1.165, 1.54) is 44.1 Å². The fraction of sp³-hybridized carbons (Fsp3) is 0. The molecule has 0 radical (unpaired) electrons. The molecule has 13 aromatic rings. The van der Waals surface area contributed by atoms with Crippen LogP contribution in [0, 0.1) is 0 Å². The molecule has 0 atom stereocenters. The summed E-state index contributed by atoms with van der Waals surface area (Å²) in [6.07, 6.45) is 0. The van der Waals surface area contributed by atoms with Gasteiger partial charge in [-0.25, -0.2) is 0 Å². The Balaban J connectivity index is 0.903. The summed E-state index contributed by atoms with van der Waals surface area (Å²) >= 11 is 0. The van der Waals surface area contributed by atoms with Crippen LogP contribution in [0.5, 0.6) is 0 Å². The standard InChI is InChI=1S/C66H44N2O/c1-2-17-45(18-3-1)49-19-14-21-51(43-49)54-23-4-9-29-60(54)67(63-32-12-7-26-57(63)58-28-16-34-65-66(58)59-27-8-13-33-64(59)69-65)52-41-39-47(40-42-52)46-35-37-48(38-36-46)50-20-15-22-53(44-50)68-61-30-10-5-24-55(61)56-25-6-11-31-62(56)68/h1-44H. The van der Waals surface area contributed by atoms with E-state index in [9.17, 15) is 0 Å². The molecule has 2 heterocycles. The monoisotopic (exact) mass is 880 g/mol. The average molecular weight is 881 g/mol. The molecule has 0 aliphatic carbocycles. The zero-order valence-electron chi connectivity index (χ0n) is 37.7. The molecule has 0 unspecified atom stereocenters. The smallest absolute Gasteiger partial charge is 0.136 e. The quantitative estimate of drug-likeness (QED) is 0.144. The van der Waals surface area contributed by atoms with Gasteiger partial charge in [-0.05, 0) is 111 Å². The molecule has 0 aliphatic rings. The van der Waals surface area contributed by atoms with E-state index in [1.807, 2.05) is 6.07 Å². The molecule has 3 nitrogen and oxygen atoms in total. The molecule has 13 rings (SSSR count). The highest BCUT2D eigenvalue weighted by molar-refractivity contribution is 6.14. The van der Waals surface area contributed by atoms with E-state index in [0.717, 1.165) is 78.1 Å². The van der Waals surface area contributed by atoms with Crippen molar-refractivity contribution in [1.82, 2.24) is 4.57 Å². The molecule has 2 aromatic heterocycles. The van der Waals surface area contributed by atoms with Gasteiger partial charge in [-0.3, -0.25) is 0 Å². The van der Waals surface area contributed by atoms with Gasteiger partial charge in [0.05, 0.1) is 22.4 Å². The molecule has 0 saturated heterocycles. The number of hydrogen-bond donors (Lipinski definition) is 0. The first kappa shape index (κ1) is 40.1. The number of para-hydroxylation sites is 5. The first-order valence-corrected chi connectivity index (χ1v) is 23.6. The molecule has 0 amide bonds. The molecule has 0 saturated carbocycles. The molecule has 0 fully saturated rings. The van der Waals surface area contributed by atoms with Gasteiger partial charge in [0.1, 0.15) is 11.2 Å². The molecule has 69 heavy (non-hydrogen) atoms. The van der Waals surface area contributed by atoms with Crippen LogP contribution in [0.1, 0.15) is 0 Å². The molecule has 0 bridgehead atoms. The van der Waals surface area contributed by atoms with Crippen molar-refractivity contribution in [1.29, 1.82) is 0 Å². The zero-order valence-corrected chi connectivity index (χ0v) is 37.7. The minimum absolute atomic E-state index is 0.874. The number of aromatic nitrogens is 1. The highest BCUT2D eigenvalue weighted by Gasteiger charge is 2.23. The summed E-state index contributed by atoms with van der Waals surface area (Å²) in [6.45, 7) is 0. The Kier molecular flexibility index (Phi) is 9.84. The second-order valence-electron chi connectivity index (χ2n) is 17.6. The molecule has 0 spiro atoms. The first-order valence-electron chi connectivity index (χ1n) is 23.6. The number of hydrogen-bond acceptors (Lipinski definition) is 2. The normalized spacial score (nSPS) is 11.5. The summed E-state index contributed by atoms with van der Waals surface area (Å²) in [4.78, 5) is 2.43. The van der Waals surface area contributed by atoms with Gasteiger partial charge in [-0.1, -0.05) is 200 Å². The van der Waals surface area contributed by atoms with Crippen LogP contribution in [-0.4, -0.2) is 4.57 Å². The van der Waals surface area contributed by atoms with E-state index >= 15 is 0 Å². The number of furan rings is 1. The number of rotatable bonds is 9. The summed E-state index contributed by atoms with van der Waals surface area (Å²) < 4.78 is 8.81. The number of fused-ring (bicyclic) bond motifs is 6. The van der Waals surface area contributed by atoms with E-state index in [1.54, 1.807) is 0 Å². The first-order chi connectivity index (χ1) is 34.2. The van der Waals surface area contributed by atoms with Crippen molar-refractivity contribution < 1.29 is 4.42 Å². The zero-order chi connectivity index (χ0) is 45.7. The van der Waals surface area contributed by atoms with Gasteiger partial charge in [-0.2, -0.15) is 0 Å². The Hall–Kier alpha value is -9.18. The Morgan fingerprint density at radius 3 is 1.48 bits per heavy atom. The van der Waals surface area contributed by atoms with Gasteiger partial charge < -0.3 is 13.9 Å². The Morgan fingerprint density at radius 2 is 0.754 bits per heavy atom. The van der Waals surface area contributed by atoms with E-state index < -0.39 is 0 Å². The summed E-state index contributed by atoms with van der Waals surface area (Å²) in [5.74, 6) is 0. The van der Waals surface area contributed by atoms with Gasteiger partial charge in [-0.15, -0.1) is 0 Å². The Labute approximate surface area is 401 Å². The van der Waals surface area contributed by atoms with Crippen LogP contribution in [-0.2, 0) is 0 Å². The predicted octanol–water partition coefficient (Wildman–Crippen LogP) is 18.5. The van der Waals surface area contributed by atoms with E-state index in [0.29, 0.717) is 0 Å². The maximum Gasteiger partial charge on any atom is 0.136 e. The van der Waals surface area contributed by atoms with Crippen molar-refractivity contribution in [2.45, 2.75) is 0 Å². The topological polar surface area (TPSA) is 21.3 Å². The van der Waals surface area contributed by atoms with Crippen molar-refractivity contribution >= 4 is 60.8 Å². The lowest BCUT2D eigenvalue weighted by Crippen LogP contribution is -2.12. The second-order valence-corrected chi connectivity index (χ2v) is 17.6. The number of anilines is 3. The van der Waals surface area contributed by atoms with Crippen LogP contribution in [0.15, 0.2) is 271 Å². The lowest BCUT2D eigenvalue weighted by atomic mass is 9.95. The third-order valence-electron chi connectivity index (χ3n) is 13.6. The third-order valence-corrected chi connectivity index (χ3v) is 13.6. The molecular formula is C66H44N2O. The summed E-state index contributed by atoms with van der Waals surface area (Å²) in [5.41, 5.74) is 20.1. The largest absolute Gasteiger partial charge is 0.456 e. The number of benzene rings is 11. The Morgan fingerprint density at radius 1 is 0.290 bits per heavy atom. The van der Waals surface area contributed by atoms with Crippen LogP contribution in [0.2, 0.25) is 0 Å². The third kappa shape index (κ3) is 7.08. The number of nitrogens with zero attached hydrogens (tertiary/aromatic N) is 2. The fourth-order valence-electron chi connectivity index (χ4n) is 10.4. The molecular weight excluding hydrogens is 837 g/mol. The minimum Gasteiger partial charge on any atom is -0.456 e. The van der Waals surface area contributed by atoms with Gasteiger partial charge in [0.25, 0.3) is 0 Å². The lowest BCUT2D eigenvalue weighted by molar-refractivity contribution is 0.669. The van der Waals surface area contributed by atoms with E-state index in [-0.39, 0.29) is 0 Å². The Bertz CT molecular complexity index is 3960. The van der Waals surface area contributed by atoms with Crippen molar-refractivity contribution in [2.75, 3.05) is 4.90 Å². The van der Waals surface area contributed by atoms with Crippen LogP contribution in [0.3, 0.4) is 0 Å². The summed E-state index contributed by atoms with van der Waals surface area (Å²) in [5, 5.41) is 4.75. The summed E-state index contributed by atoms with van der Waals surface area (Å²) in [6, 6.07) is 96.1. The van der Waals surface area contributed by atoms with Crippen LogP contribution >= 0.6 is 0 Å². The van der Waals surface area contributed by atoms with Gasteiger partial charge >= 0.3 is 0 Å².